The van der Waals surface area contributed by atoms with Gasteiger partial charge in [0.1, 0.15) is 0 Å². The van der Waals surface area contributed by atoms with Gasteiger partial charge in [0.2, 0.25) is 0 Å². The second kappa shape index (κ2) is 9.25. The molecule has 1 aliphatic heterocycles. The van der Waals surface area contributed by atoms with Gasteiger partial charge in [-0.05, 0) is 44.8 Å². The van der Waals surface area contributed by atoms with Crippen LogP contribution in [0, 0.1) is 0 Å². The number of benzene rings is 3. The average Bonchev–Trinajstić information content (AvgIpc) is 3.02. The van der Waals surface area contributed by atoms with E-state index in [1.54, 1.807) is 0 Å². The van der Waals surface area contributed by atoms with E-state index in [-0.39, 0.29) is 5.04 Å². The molecule has 0 atom stereocenters. The van der Waals surface area contributed by atoms with Crippen molar-refractivity contribution in [1.29, 1.82) is 0 Å². The van der Waals surface area contributed by atoms with Crippen molar-refractivity contribution in [1.82, 2.24) is 0 Å². The molecule has 0 aliphatic carbocycles. The molecule has 0 amide bonds. The van der Waals surface area contributed by atoms with E-state index in [0.717, 1.165) is 11.0 Å². The molecule has 3 aromatic carbocycles. The first-order chi connectivity index (χ1) is 16.4. The van der Waals surface area contributed by atoms with Gasteiger partial charge in [-0.25, -0.2) is 0 Å². The van der Waals surface area contributed by atoms with Crippen LogP contribution in [0.2, 0.25) is 5.04 Å². The first-order valence-corrected chi connectivity index (χ1v) is 14.3. The lowest BCUT2D eigenvalue weighted by Crippen LogP contribution is -2.66. The Morgan fingerprint density at radius 3 is 1.71 bits per heavy atom. The summed E-state index contributed by atoms with van der Waals surface area (Å²) >= 11 is 0. The summed E-state index contributed by atoms with van der Waals surface area (Å²) in [6.07, 6.45) is 0. The van der Waals surface area contributed by atoms with Crippen LogP contribution in [0.4, 0.5) is 5.69 Å². The second-order valence-electron chi connectivity index (χ2n) is 11.5. The molecule has 0 spiro atoms. The lowest BCUT2D eigenvalue weighted by atomic mass is 9.75. The number of hydrogen-bond donors (Lipinski definition) is 1. The third-order valence-corrected chi connectivity index (χ3v) is 12.6. The minimum Gasteiger partial charge on any atom is -0.555 e. The summed E-state index contributed by atoms with van der Waals surface area (Å²) in [5.41, 5.74) is 8.25. The Morgan fingerprint density at radius 1 is 0.771 bits per heavy atom. The van der Waals surface area contributed by atoms with Gasteiger partial charge in [-0.1, -0.05) is 93.6 Å². The highest BCUT2D eigenvalue weighted by atomic mass is 28.4. The number of anilines is 1. The fourth-order valence-corrected chi connectivity index (χ4v) is 9.44. The largest absolute Gasteiger partial charge is 0.555 e. The quantitative estimate of drug-likeness (QED) is 0.407. The molecule has 1 aliphatic rings. The van der Waals surface area contributed by atoms with Crippen molar-refractivity contribution in [3.63, 3.8) is 0 Å². The van der Waals surface area contributed by atoms with E-state index in [0.29, 0.717) is 12.3 Å². The molecule has 185 valence electrons. The molecule has 35 heavy (non-hydrogen) atoms. The molecule has 1 fully saturated rings. The predicted molar refractivity (Wildman–Crippen MR) is 149 cm³/mol. The van der Waals surface area contributed by atoms with E-state index in [1.807, 2.05) is 18.2 Å². The van der Waals surface area contributed by atoms with Crippen LogP contribution in [0.15, 0.2) is 78.9 Å². The van der Waals surface area contributed by atoms with Crippen LogP contribution < -0.4 is 21.6 Å². The summed E-state index contributed by atoms with van der Waals surface area (Å²) < 4.78 is 20.0. The zero-order valence-electron chi connectivity index (χ0n) is 22.1. The fourth-order valence-electron chi connectivity index (χ4n) is 4.92. The van der Waals surface area contributed by atoms with Crippen molar-refractivity contribution in [3.05, 3.63) is 84.4 Å². The highest BCUT2D eigenvalue weighted by molar-refractivity contribution is 6.99. The van der Waals surface area contributed by atoms with Crippen molar-refractivity contribution >= 4 is 37.0 Å². The van der Waals surface area contributed by atoms with E-state index < -0.39 is 26.6 Å². The molecule has 1 heterocycles. The van der Waals surface area contributed by atoms with Crippen LogP contribution in [0.25, 0.3) is 0 Å². The van der Waals surface area contributed by atoms with Crippen molar-refractivity contribution in [3.8, 4) is 0 Å². The molecule has 6 heteroatoms. The lowest BCUT2D eigenvalue weighted by molar-refractivity contribution is 0.00578. The van der Waals surface area contributed by atoms with Gasteiger partial charge in [0.05, 0.1) is 19.5 Å². The van der Waals surface area contributed by atoms with Gasteiger partial charge in [-0.3, -0.25) is 0 Å². The van der Waals surface area contributed by atoms with Crippen LogP contribution in [0.3, 0.4) is 0 Å². The molecular weight excluding hydrogens is 449 g/mol. The third kappa shape index (κ3) is 4.61. The molecule has 0 saturated carbocycles. The molecule has 0 radical (unpaired) electrons. The summed E-state index contributed by atoms with van der Waals surface area (Å²) in [7, 11) is -3.21. The standard InChI is InChI=1S/C29H38BNO3Si/c1-27(2,3)35(22-15-10-8-11-16-22,23-17-12-9-13-18-23)32-21-24-25(19-14-20-26(24)31)30-33-28(4,5)29(6,7)34-30/h8-20H,21,31H2,1-7H3/q-1. The molecule has 2 N–H and O–H groups in total. The summed E-state index contributed by atoms with van der Waals surface area (Å²) in [4.78, 5) is 0. The first kappa shape index (κ1) is 25.7. The van der Waals surface area contributed by atoms with Gasteiger partial charge < -0.3 is 19.5 Å². The Balaban J connectivity index is 1.79. The number of hydrogen-bond acceptors (Lipinski definition) is 4. The van der Waals surface area contributed by atoms with Gasteiger partial charge in [-0.15, -0.1) is 5.04 Å². The third-order valence-electron chi connectivity index (χ3n) is 7.61. The zero-order chi connectivity index (χ0) is 25.5. The normalized spacial score (nSPS) is 17.5. The zero-order valence-corrected chi connectivity index (χ0v) is 23.1. The maximum atomic E-state index is 7.19. The number of nitrogens with two attached hydrogens (primary N) is 1. The Morgan fingerprint density at radius 2 is 1.26 bits per heavy atom. The van der Waals surface area contributed by atoms with E-state index >= 15 is 0 Å². The van der Waals surface area contributed by atoms with E-state index in [4.69, 9.17) is 19.5 Å². The lowest BCUT2D eigenvalue weighted by Gasteiger charge is -2.55. The van der Waals surface area contributed by atoms with Gasteiger partial charge in [0, 0.05) is 12.3 Å². The minimum atomic E-state index is -2.71. The summed E-state index contributed by atoms with van der Waals surface area (Å²) in [5.74, 6) is 0. The number of rotatable bonds is 6. The Hall–Kier alpha value is -2.38. The highest BCUT2D eigenvalue weighted by Crippen LogP contribution is 2.39. The van der Waals surface area contributed by atoms with E-state index in [9.17, 15) is 0 Å². The van der Waals surface area contributed by atoms with Crippen LogP contribution in [-0.2, 0) is 20.3 Å². The SMILES string of the molecule is CC1(C)OB(c2cccc(N)c2CO[Si-](c2ccccc2)(c2ccccc2)C(C)(C)C)OC1(C)C. The summed E-state index contributed by atoms with van der Waals surface area (Å²) in [5, 5.41) is 2.36. The van der Waals surface area contributed by atoms with Crippen LogP contribution >= 0.6 is 0 Å². The fraction of sp³-hybridized carbons (Fsp3) is 0.379. The summed E-state index contributed by atoms with van der Waals surface area (Å²) in [6.45, 7) is 15.5. The molecule has 0 unspecified atom stereocenters. The summed E-state index contributed by atoms with van der Waals surface area (Å²) in [6, 6.07) is 27.3. The molecular formula is C29H38BNO3Si-. The van der Waals surface area contributed by atoms with Gasteiger partial charge >= 0.3 is 7.12 Å². The second-order valence-corrected chi connectivity index (χ2v) is 15.8. The van der Waals surface area contributed by atoms with Gasteiger partial charge in [0.25, 0.3) is 0 Å². The maximum absolute atomic E-state index is 7.19. The molecule has 0 aromatic heterocycles. The van der Waals surface area contributed by atoms with Crippen LogP contribution in [0.5, 0.6) is 0 Å². The average molecular weight is 488 g/mol. The first-order valence-electron chi connectivity index (χ1n) is 12.4. The predicted octanol–water partition coefficient (Wildman–Crippen LogP) is 4.64. The van der Waals surface area contributed by atoms with Crippen molar-refractivity contribution < 1.29 is 13.7 Å². The Bertz CT molecular complexity index is 1100. The van der Waals surface area contributed by atoms with Gasteiger partial charge in [0.15, 0.2) is 0 Å². The van der Waals surface area contributed by atoms with Crippen molar-refractivity contribution in [2.24, 2.45) is 0 Å². The molecule has 0 bridgehead atoms. The molecule has 4 rings (SSSR count). The van der Waals surface area contributed by atoms with E-state index in [1.165, 1.54) is 10.4 Å². The topological polar surface area (TPSA) is 53.7 Å². The molecule has 3 aromatic rings. The smallest absolute Gasteiger partial charge is 0.495 e. The Kier molecular flexibility index (Phi) is 6.79. The minimum absolute atomic E-state index is 0.121. The monoisotopic (exact) mass is 487 g/mol. The van der Waals surface area contributed by atoms with Crippen LogP contribution in [-0.4, -0.2) is 26.6 Å². The number of nitrogen functional groups attached to an aromatic ring is 1. The van der Waals surface area contributed by atoms with Crippen molar-refractivity contribution in [2.45, 2.75) is 71.3 Å². The molecule has 4 nitrogen and oxygen atoms in total. The van der Waals surface area contributed by atoms with Gasteiger partial charge in [-0.2, -0.15) is 10.4 Å². The maximum Gasteiger partial charge on any atom is 0.495 e. The highest BCUT2D eigenvalue weighted by Gasteiger charge is 2.52. The van der Waals surface area contributed by atoms with E-state index in [2.05, 4.69) is 109 Å². The van der Waals surface area contributed by atoms with Crippen LogP contribution in [0.1, 0.15) is 54.0 Å². The van der Waals surface area contributed by atoms with Crippen molar-refractivity contribution in [2.75, 3.05) is 5.73 Å². The Labute approximate surface area is 212 Å². The molecule has 1 saturated heterocycles.